The molecule has 29 heavy (non-hydrogen) atoms. The lowest BCUT2D eigenvalue weighted by atomic mass is 10.2. The van der Waals surface area contributed by atoms with Gasteiger partial charge in [0.05, 0.1) is 18.6 Å². The molecule has 0 aliphatic rings. The van der Waals surface area contributed by atoms with Gasteiger partial charge in [-0.2, -0.15) is 0 Å². The van der Waals surface area contributed by atoms with Gasteiger partial charge < -0.3 is 9.73 Å². The number of rotatable bonds is 7. The quantitative estimate of drug-likeness (QED) is 0.455. The van der Waals surface area contributed by atoms with Crippen molar-refractivity contribution in [3.05, 3.63) is 84.3 Å². The maximum Gasteiger partial charge on any atom is 0.234 e. The predicted molar refractivity (Wildman–Crippen MR) is 114 cm³/mol. The maximum atomic E-state index is 12.4. The molecular weight excluding hydrogens is 384 g/mol. The minimum absolute atomic E-state index is 0.0851. The Morgan fingerprint density at radius 2 is 1.83 bits per heavy atom. The van der Waals surface area contributed by atoms with E-state index in [1.54, 1.807) is 6.26 Å². The number of nitrogens with zero attached hydrogens (tertiary/aromatic N) is 3. The van der Waals surface area contributed by atoms with E-state index >= 15 is 0 Å². The lowest BCUT2D eigenvalue weighted by Crippen LogP contribution is -2.15. The molecule has 0 unspecified atom stereocenters. The summed E-state index contributed by atoms with van der Waals surface area (Å²) in [6.45, 7) is 2.46. The molecule has 2 heterocycles. The maximum absolute atomic E-state index is 12.4. The Balaban J connectivity index is 1.53. The van der Waals surface area contributed by atoms with Gasteiger partial charge in [0.15, 0.2) is 11.0 Å². The lowest BCUT2D eigenvalue weighted by Gasteiger charge is -2.10. The average Bonchev–Trinajstić information content (AvgIpc) is 3.39. The minimum Gasteiger partial charge on any atom is -0.467 e. The van der Waals surface area contributed by atoms with Gasteiger partial charge in [0.1, 0.15) is 5.76 Å². The van der Waals surface area contributed by atoms with E-state index in [2.05, 4.69) is 15.5 Å². The second-order valence-electron chi connectivity index (χ2n) is 6.49. The molecule has 4 rings (SSSR count). The highest BCUT2D eigenvalue weighted by Gasteiger charge is 2.17. The molecule has 4 aromatic rings. The van der Waals surface area contributed by atoms with Crippen LogP contribution in [0.1, 0.15) is 11.3 Å². The topological polar surface area (TPSA) is 73.0 Å². The molecule has 1 N–H and O–H groups in total. The third-order valence-electron chi connectivity index (χ3n) is 4.39. The summed E-state index contributed by atoms with van der Waals surface area (Å²) >= 11 is 1.35. The van der Waals surface area contributed by atoms with Crippen molar-refractivity contribution >= 4 is 23.4 Å². The number of hydrogen-bond acceptors (Lipinski definition) is 5. The van der Waals surface area contributed by atoms with Crippen LogP contribution in [0.4, 0.5) is 5.69 Å². The molecule has 0 aliphatic carbocycles. The lowest BCUT2D eigenvalue weighted by molar-refractivity contribution is -0.113. The van der Waals surface area contributed by atoms with Crippen LogP contribution in [0, 0.1) is 6.92 Å². The van der Waals surface area contributed by atoms with Crippen molar-refractivity contribution in [3.63, 3.8) is 0 Å². The van der Waals surface area contributed by atoms with Gasteiger partial charge in [-0.25, -0.2) is 0 Å². The van der Waals surface area contributed by atoms with Crippen LogP contribution in [0.3, 0.4) is 0 Å². The van der Waals surface area contributed by atoms with E-state index in [9.17, 15) is 4.79 Å². The van der Waals surface area contributed by atoms with E-state index in [-0.39, 0.29) is 11.7 Å². The first-order valence-corrected chi connectivity index (χ1v) is 10.2. The number of anilines is 1. The molecule has 0 bridgehead atoms. The normalized spacial score (nSPS) is 10.8. The minimum atomic E-state index is -0.0851. The summed E-state index contributed by atoms with van der Waals surface area (Å²) in [5.41, 5.74) is 2.81. The zero-order valence-corrected chi connectivity index (χ0v) is 16.7. The molecule has 0 saturated carbocycles. The van der Waals surface area contributed by atoms with Gasteiger partial charge in [0, 0.05) is 11.3 Å². The van der Waals surface area contributed by atoms with Crippen LogP contribution in [0.2, 0.25) is 0 Å². The number of furan rings is 1. The van der Waals surface area contributed by atoms with Gasteiger partial charge in [-0.1, -0.05) is 60.3 Å². The highest BCUT2D eigenvalue weighted by Crippen LogP contribution is 2.25. The molecule has 1 amide bonds. The number of carbonyl (C=O) groups excluding carboxylic acids is 1. The highest BCUT2D eigenvalue weighted by atomic mass is 32.2. The fourth-order valence-corrected chi connectivity index (χ4v) is 3.66. The van der Waals surface area contributed by atoms with Crippen LogP contribution in [0.25, 0.3) is 11.4 Å². The number of carbonyl (C=O) groups is 1. The van der Waals surface area contributed by atoms with Crippen LogP contribution in [-0.2, 0) is 11.3 Å². The Hall–Kier alpha value is -3.32. The summed E-state index contributed by atoms with van der Waals surface area (Å²) in [4.78, 5) is 12.4. The largest absolute Gasteiger partial charge is 0.467 e. The second-order valence-corrected chi connectivity index (χ2v) is 7.43. The summed E-state index contributed by atoms with van der Waals surface area (Å²) in [5.74, 6) is 1.69. The van der Waals surface area contributed by atoms with Crippen molar-refractivity contribution < 1.29 is 9.21 Å². The van der Waals surface area contributed by atoms with Crippen molar-refractivity contribution in [3.8, 4) is 11.4 Å². The van der Waals surface area contributed by atoms with Crippen molar-refractivity contribution in [2.24, 2.45) is 0 Å². The van der Waals surface area contributed by atoms with Gasteiger partial charge in [0.2, 0.25) is 5.91 Å². The molecule has 7 heteroatoms. The molecule has 0 saturated heterocycles. The van der Waals surface area contributed by atoms with Crippen LogP contribution in [-0.4, -0.2) is 26.4 Å². The zero-order chi connectivity index (χ0) is 20.1. The van der Waals surface area contributed by atoms with Gasteiger partial charge in [-0.05, 0) is 30.7 Å². The van der Waals surface area contributed by atoms with Gasteiger partial charge in [-0.15, -0.1) is 10.2 Å². The van der Waals surface area contributed by atoms with Gasteiger partial charge in [-0.3, -0.25) is 9.36 Å². The highest BCUT2D eigenvalue weighted by molar-refractivity contribution is 7.99. The average molecular weight is 404 g/mol. The summed E-state index contributed by atoms with van der Waals surface area (Å²) in [6.07, 6.45) is 1.64. The fourth-order valence-electron chi connectivity index (χ4n) is 2.93. The summed E-state index contributed by atoms with van der Waals surface area (Å²) in [5, 5.41) is 12.3. The Labute approximate surface area is 173 Å². The van der Waals surface area contributed by atoms with Crippen LogP contribution < -0.4 is 5.32 Å². The third-order valence-corrected chi connectivity index (χ3v) is 5.36. The number of amides is 1. The monoisotopic (exact) mass is 404 g/mol. The molecule has 0 atom stereocenters. The molecule has 0 radical (unpaired) electrons. The number of benzene rings is 2. The van der Waals surface area contributed by atoms with Gasteiger partial charge in [0.25, 0.3) is 0 Å². The number of thioether (sulfide) groups is 1. The van der Waals surface area contributed by atoms with Gasteiger partial charge >= 0.3 is 0 Å². The predicted octanol–water partition coefficient (Wildman–Crippen LogP) is 4.63. The SMILES string of the molecule is Cc1ccccc1NC(=O)CSc1nnc(-c2ccccc2)n1Cc1ccco1. The first-order chi connectivity index (χ1) is 14.2. The zero-order valence-electron chi connectivity index (χ0n) is 15.9. The first-order valence-electron chi connectivity index (χ1n) is 9.20. The number of nitrogens with one attached hydrogen (secondary N) is 1. The Kier molecular flexibility index (Phi) is 5.76. The molecule has 6 nitrogen and oxygen atoms in total. The molecule has 2 aromatic carbocycles. The molecule has 146 valence electrons. The fraction of sp³-hybridized carbons (Fsp3) is 0.136. The standard InChI is InChI=1S/C22H20N4O2S/c1-16-8-5-6-12-19(16)23-20(27)15-29-22-25-24-21(17-9-3-2-4-10-17)26(22)14-18-11-7-13-28-18/h2-13H,14-15H2,1H3,(H,23,27). The van der Waals surface area contributed by atoms with Crippen LogP contribution in [0.15, 0.2) is 82.6 Å². The van der Waals surface area contributed by atoms with E-state index < -0.39 is 0 Å². The first kappa shape index (κ1) is 19.0. The number of hydrogen-bond donors (Lipinski definition) is 1. The number of aromatic nitrogens is 3. The van der Waals surface area contributed by atoms with E-state index in [1.807, 2.05) is 78.2 Å². The summed E-state index contributed by atoms with van der Waals surface area (Å²) in [6, 6.07) is 21.3. The molecular formula is C22H20N4O2S. The molecule has 0 spiro atoms. The Morgan fingerprint density at radius 3 is 2.59 bits per heavy atom. The van der Waals surface area contributed by atoms with Crippen molar-refractivity contribution in [2.75, 3.05) is 11.1 Å². The molecule has 2 aromatic heterocycles. The Bertz CT molecular complexity index is 1090. The smallest absolute Gasteiger partial charge is 0.234 e. The number of para-hydroxylation sites is 1. The van der Waals surface area contributed by atoms with Crippen molar-refractivity contribution in [2.45, 2.75) is 18.6 Å². The van der Waals surface area contributed by atoms with E-state index in [4.69, 9.17) is 4.42 Å². The summed E-state index contributed by atoms with van der Waals surface area (Å²) < 4.78 is 7.48. The van der Waals surface area contributed by atoms with Crippen LogP contribution in [0.5, 0.6) is 0 Å². The van der Waals surface area contributed by atoms with E-state index in [1.165, 1.54) is 11.8 Å². The van der Waals surface area contributed by atoms with E-state index in [0.29, 0.717) is 11.7 Å². The Morgan fingerprint density at radius 1 is 1.03 bits per heavy atom. The second kappa shape index (κ2) is 8.79. The van der Waals surface area contributed by atoms with Crippen molar-refractivity contribution in [1.82, 2.24) is 14.8 Å². The van der Waals surface area contributed by atoms with Crippen molar-refractivity contribution in [1.29, 1.82) is 0 Å². The van der Waals surface area contributed by atoms with E-state index in [0.717, 1.165) is 28.4 Å². The number of aryl methyl sites for hydroxylation is 1. The van der Waals surface area contributed by atoms with Crippen LogP contribution >= 0.6 is 11.8 Å². The third kappa shape index (κ3) is 4.57. The summed E-state index contributed by atoms with van der Waals surface area (Å²) in [7, 11) is 0. The molecule has 0 aliphatic heterocycles. The molecule has 0 fully saturated rings.